The average molecular weight is 542 g/mol. The summed E-state index contributed by atoms with van der Waals surface area (Å²) >= 11 is 0. The van der Waals surface area contributed by atoms with Gasteiger partial charge < -0.3 is 0 Å². The molecule has 42 heavy (non-hydrogen) atoms. The smallest absolute Gasteiger partial charge is 0.164 e. The van der Waals surface area contributed by atoms with Gasteiger partial charge in [0.1, 0.15) is 12.7 Å². The van der Waals surface area contributed by atoms with E-state index in [-0.39, 0.29) is 0 Å². The Morgan fingerprint density at radius 2 is 0.619 bits per heavy atom. The van der Waals surface area contributed by atoms with E-state index in [9.17, 15) is 0 Å². The summed E-state index contributed by atoms with van der Waals surface area (Å²) < 4.78 is 0. The van der Waals surface area contributed by atoms with Gasteiger partial charge in [0.15, 0.2) is 17.5 Å². The first-order valence-corrected chi connectivity index (χ1v) is 13.4. The zero-order valence-corrected chi connectivity index (χ0v) is 22.4. The van der Waals surface area contributed by atoms with Gasteiger partial charge in [0.2, 0.25) is 0 Å². The lowest BCUT2D eigenvalue weighted by Gasteiger charge is -2.11. The Hall–Kier alpha value is -5.95. The molecule has 0 aliphatic rings. The van der Waals surface area contributed by atoms with Crippen LogP contribution < -0.4 is 0 Å². The van der Waals surface area contributed by atoms with Crippen LogP contribution in [0.2, 0.25) is 0 Å². The molecule has 0 spiro atoms. The van der Waals surface area contributed by atoms with Gasteiger partial charge in [-0.2, -0.15) is 0 Å². The summed E-state index contributed by atoms with van der Waals surface area (Å²) in [5.41, 5.74) is 8.66. The normalized spacial score (nSPS) is 10.9. The van der Waals surface area contributed by atoms with Gasteiger partial charge in [0.25, 0.3) is 0 Å². The molecule has 7 rings (SSSR count). The minimum Gasteiger partial charge on any atom is -0.244 e. The van der Waals surface area contributed by atoms with E-state index in [1.54, 1.807) is 24.8 Å². The van der Waals surface area contributed by atoms with Crippen LogP contribution in [-0.4, -0.2) is 34.9 Å². The minimum atomic E-state index is 0.576. The molecule has 0 saturated heterocycles. The molecule has 0 atom stereocenters. The van der Waals surface area contributed by atoms with Crippen LogP contribution in [-0.2, 0) is 0 Å². The number of hydrogen-bond acceptors (Lipinski definition) is 7. The maximum atomic E-state index is 4.98. The summed E-state index contributed by atoms with van der Waals surface area (Å²) in [6.45, 7) is 0. The molecule has 0 fully saturated rings. The molecule has 198 valence electrons. The van der Waals surface area contributed by atoms with Gasteiger partial charge in [-0.15, -0.1) is 0 Å². The van der Waals surface area contributed by atoms with Crippen molar-refractivity contribution in [3.63, 3.8) is 0 Å². The van der Waals surface area contributed by atoms with Crippen molar-refractivity contribution in [1.29, 1.82) is 0 Å². The van der Waals surface area contributed by atoms with Gasteiger partial charge in [0, 0.05) is 52.6 Å². The standard InChI is InChI=1S/C35H23N7/c1-2-7-24(8-3-1)25-9-4-12-28(15-25)33-40-34(29-13-5-10-26(16-29)31-18-36-22-37-19-31)42-35(41-33)30-14-6-11-27(17-30)32-20-38-23-39-21-32/h1-23H. The lowest BCUT2D eigenvalue weighted by molar-refractivity contribution is 1.07. The molecule has 0 saturated carbocycles. The number of benzene rings is 4. The first-order valence-electron chi connectivity index (χ1n) is 13.4. The molecule has 0 unspecified atom stereocenters. The zero-order chi connectivity index (χ0) is 28.1. The Morgan fingerprint density at radius 1 is 0.286 bits per heavy atom. The van der Waals surface area contributed by atoms with Crippen LogP contribution in [0.4, 0.5) is 0 Å². The Morgan fingerprint density at radius 3 is 1.02 bits per heavy atom. The monoisotopic (exact) mass is 541 g/mol. The maximum Gasteiger partial charge on any atom is 0.164 e. The summed E-state index contributed by atoms with van der Waals surface area (Å²) in [7, 11) is 0. The van der Waals surface area contributed by atoms with Gasteiger partial charge in [-0.1, -0.05) is 84.9 Å². The van der Waals surface area contributed by atoms with Crippen molar-refractivity contribution in [3.8, 4) is 67.5 Å². The number of rotatable bonds is 6. The number of hydrogen-bond donors (Lipinski definition) is 0. The van der Waals surface area contributed by atoms with E-state index < -0.39 is 0 Å². The first kappa shape index (κ1) is 25.0. The Kier molecular flexibility index (Phi) is 6.72. The molecular weight excluding hydrogens is 518 g/mol. The highest BCUT2D eigenvalue weighted by molar-refractivity contribution is 5.75. The topological polar surface area (TPSA) is 90.2 Å². The van der Waals surface area contributed by atoms with Crippen LogP contribution >= 0.6 is 0 Å². The predicted octanol–water partition coefficient (Wildman–Crippen LogP) is 7.45. The lowest BCUT2D eigenvalue weighted by atomic mass is 10.0. The summed E-state index contributed by atoms with van der Waals surface area (Å²) in [4.78, 5) is 31.6. The highest BCUT2D eigenvalue weighted by Crippen LogP contribution is 2.31. The molecule has 3 aromatic heterocycles. The van der Waals surface area contributed by atoms with Crippen molar-refractivity contribution in [1.82, 2.24) is 34.9 Å². The quantitative estimate of drug-likeness (QED) is 0.216. The van der Waals surface area contributed by atoms with Crippen LogP contribution in [0, 0.1) is 0 Å². The van der Waals surface area contributed by atoms with E-state index in [1.165, 1.54) is 12.7 Å². The van der Waals surface area contributed by atoms with Crippen LogP contribution in [0.3, 0.4) is 0 Å². The van der Waals surface area contributed by atoms with Gasteiger partial charge >= 0.3 is 0 Å². The molecule has 0 aliphatic carbocycles. The van der Waals surface area contributed by atoms with E-state index in [2.05, 4.69) is 56.3 Å². The van der Waals surface area contributed by atoms with Gasteiger partial charge in [0.05, 0.1) is 0 Å². The second-order valence-electron chi connectivity index (χ2n) is 9.67. The Balaban J connectivity index is 1.38. The maximum absolute atomic E-state index is 4.98. The second kappa shape index (κ2) is 11.3. The SMILES string of the molecule is c1ccc(-c2cccc(-c3nc(-c4cccc(-c5cncnc5)c4)nc(-c4cccc(-c5cncnc5)c4)n3)c2)cc1. The van der Waals surface area contributed by atoms with Crippen LogP contribution in [0.25, 0.3) is 67.5 Å². The molecule has 4 aromatic carbocycles. The van der Waals surface area contributed by atoms with Crippen molar-refractivity contribution in [2.45, 2.75) is 0 Å². The molecule has 0 bridgehead atoms. The fraction of sp³-hybridized carbons (Fsp3) is 0. The third-order valence-electron chi connectivity index (χ3n) is 6.89. The van der Waals surface area contributed by atoms with E-state index in [0.29, 0.717) is 17.5 Å². The van der Waals surface area contributed by atoms with E-state index in [0.717, 1.165) is 50.1 Å². The Labute approximate surface area is 242 Å². The fourth-order valence-electron chi connectivity index (χ4n) is 4.80. The average Bonchev–Trinajstić information content (AvgIpc) is 3.09. The van der Waals surface area contributed by atoms with E-state index in [4.69, 9.17) is 15.0 Å². The zero-order valence-electron chi connectivity index (χ0n) is 22.4. The molecule has 0 radical (unpaired) electrons. The van der Waals surface area contributed by atoms with Crippen molar-refractivity contribution < 1.29 is 0 Å². The van der Waals surface area contributed by atoms with Crippen molar-refractivity contribution in [2.24, 2.45) is 0 Å². The highest BCUT2D eigenvalue weighted by Gasteiger charge is 2.14. The third-order valence-corrected chi connectivity index (χ3v) is 6.89. The summed E-state index contributed by atoms with van der Waals surface area (Å²) in [6, 6.07) is 34.7. The van der Waals surface area contributed by atoms with Crippen LogP contribution in [0.1, 0.15) is 0 Å². The van der Waals surface area contributed by atoms with Crippen molar-refractivity contribution >= 4 is 0 Å². The minimum absolute atomic E-state index is 0.576. The number of aromatic nitrogens is 7. The molecule has 3 heterocycles. The molecule has 7 aromatic rings. The second-order valence-corrected chi connectivity index (χ2v) is 9.67. The fourth-order valence-corrected chi connectivity index (χ4v) is 4.80. The van der Waals surface area contributed by atoms with Crippen molar-refractivity contribution in [2.75, 3.05) is 0 Å². The summed E-state index contributed by atoms with van der Waals surface area (Å²) in [6.07, 6.45) is 10.2. The first-order chi connectivity index (χ1) is 20.8. The molecule has 7 heteroatoms. The highest BCUT2D eigenvalue weighted by atomic mass is 15.0. The largest absolute Gasteiger partial charge is 0.244 e. The molecular formula is C35H23N7. The Bertz CT molecular complexity index is 1740. The van der Waals surface area contributed by atoms with Gasteiger partial charge in [-0.25, -0.2) is 34.9 Å². The van der Waals surface area contributed by atoms with Crippen molar-refractivity contribution in [3.05, 3.63) is 141 Å². The predicted molar refractivity (Wildman–Crippen MR) is 164 cm³/mol. The van der Waals surface area contributed by atoms with Gasteiger partial charge in [-0.05, 0) is 40.5 Å². The van der Waals surface area contributed by atoms with Crippen LogP contribution in [0.15, 0.2) is 141 Å². The van der Waals surface area contributed by atoms with Crippen LogP contribution in [0.5, 0.6) is 0 Å². The molecule has 0 aliphatic heterocycles. The van der Waals surface area contributed by atoms with E-state index in [1.807, 2.05) is 66.7 Å². The molecule has 0 amide bonds. The number of nitrogens with zero attached hydrogens (tertiary/aromatic N) is 7. The van der Waals surface area contributed by atoms with Gasteiger partial charge in [-0.3, -0.25) is 0 Å². The summed E-state index contributed by atoms with van der Waals surface area (Å²) in [5, 5.41) is 0. The third kappa shape index (κ3) is 5.26. The summed E-state index contributed by atoms with van der Waals surface area (Å²) in [5.74, 6) is 1.74. The lowest BCUT2D eigenvalue weighted by Crippen LogP contribution is -2.00. The molecule has 7 nitrogen and oxygen atoms in total. The van der Waals surface area contributed by atoms with E-state index >= 15 is 0 Å². The molecule has 0 N–H and O–H groups in total.